The van der Waals surface area contributed by atoms with Crippen molar-refractivity contribution in [2.45, 2.75) is 39.2 Å². The molecule has 0 aromatic carbocycles. The molecule has 128 valence electrons. The molecule has 23 heavy (non-hydrogen) atoms. The first-order valence-electron chi connectivity index (χ1n) is 7.63. The van der Waals surface area contributed by atoms with Crippen LogP contribution in [0.25, 0.3) is 0 Å². The molecule has 0 bridgehead atoms. The van der Waals surface area contributed by atoms with Gasteiger partial charge in [0.2, 0.25) is 0 Å². The number of Topliss-reactive ketones (excluding diaryl/α,β-unsaturated/α-hetero) is 2. The van der Waals surface area contributed by atoms with Crippen LogP contribution in [0.3, 0.4) is 0 Å². The van der Waals surface area contributed by atoms with Crippen molar-refractivity contribution in [3.8, 4) is 0 Å². The summed E-state index contributed by atoms with van der Waals surface area (Å²) in [5.74, 6) is -1.68. The third kappa shape index (κ3) is 5.84. The Balaban J connectivity index is 2.45. The number of carbonyl (C=O) groups is 4. The Hall–Kier alpha value is -2.18. The molecule has 1 saturated carbocycles. The van der Waals surface area contributed by atoms with Crippen LogP contribution in [0.15, 0.2) is 12.7 Å². The Bertz CT molecular complexity index is 469. The van der Waals surface area contributed by atoms with Gasteiger partial charge in [0.1, 0.15) is 24.2 Å². The Kier molecular flexibility index (Phi) is 7.44. The van der Waals surface area contributed by atoms with Crippen molar-refractivity contribution in [2.24, 2.45) is 11.8 Å². The molecule has 0 aromatic rings. The van der Waals surface area contributed by atoms with Gasteiger partial charge < -0.3 is 14.8 Å². The van der Waals surface area contributed by atoms with Crippen LogP contribution in [0.1, 0.15) is 33.1 Å². The van der Waals surface area contributed by atoms with Crippen LogP contribution in [-0.4, -0.2) is 42.9 Å². The van der Waals surface area contributed by atoms with Crippen molar-refractivity contribution >= 4 is 23.6 Å². The number of alkyl carbamates (subject to hydrolysis) is 1. The molecule has 1 N–H and O–H groups in total. The quantitative estimate of drug-likeness (QED) is 0.411. The lowest BCUT2D eigenvalue weighted by atomic mass is 10.0. The molecule has 1 fully saturated rings. The first kappa shape index (κ1) is 18.9. The second-order valence-corrected chi connectivity index (χ2v) is 5.69. The summed E-state index contributed by atoms with van der Waals surface area (Å²) in [7, 11) is 0. The largest absolute Gasteiger partial charge is 0.464 e. The Morgan fingerprint density at radius 3 is 2.39 bits per heavy atom. The van der Waals surface area contributed by atoms with Crippen molar-refractivity contribution in [1.29, 1.82) is 0 Å². The van der Waals surface area contributed by atoms with Crippen LogP contribution >= 0.6 is 0 Å². The summed E-state index contributed by atoms with van der Waals surface area (Å²) < 4.78 is 9.87. The van der Waals surface area contributed by atoms with Gasteiger partial charge in [-0.2, -0.15) is 0 Å². The zero-order valence-electron chi connectivity index (χ0n) is 13.5. The number of hydrogen-bond donors (Lipinski definition) is 1. The topological polar surface area (TPSA) is 98.8 Å². The monoisotopic (exact) mass is 325 g/mol. The molecule has 0 aromatic heterocycles. The average molecular weight is 325 g/mol. The number of ether oxygens (including phenoxy) is 2. The van der Waals surface area contributed by atoms with Crippen LogP contribution in [-0.2, 0) is 23.9 Å². The van der Waals surface area contributed by atoms with E-state index in [4.69, 9.17) is 9.47 Å². The molecule has 1 atom stereocenters. The second-order valence-electron chi connectivity index (χ2n) is 5.69. The lowest BCUT2D eigenvalue weighted by molar-refractivity contribution is -0.148. The van der Waals surface area contributed by atoms with Gasteiger partial charge in [0.05, 0.1) is 12.5 Å². The molecule has 0 heterocycles. The standard InChI is InChI=1S/C16H23NO6/c1-4-8-23-16(21)17-14(10(2)3)15(20)22-9-7-11-12(18)5-6-13(11)19/h4,10-11,14H,1,5-9H2,2-3H3,(H,17,21)/t14-/m0/s1. The highest BCUT2D eigenvalue weighted by atomic mass is 16.6. The van der Waals surface area contributed by atoms with Gasteiger partial charge in [-0.1, -0.05) is 26.5 Å². The molecule has 0 saturated heterocycles. The number of esters is 1. The van der Waals surface area contributed by atoms with Gasteiger partial charge in [-0.05, 0) is 12.3 Å². The third-order valence-electron chi connectivity index (χ3n) is 3.57. The fraction of sp³-hybridized carbons (Fsp3) is 0.625. The molecule has 0 aliphatic heterocycles. The fourth-order valence-electron chi connectivity index (χ4n) is 2.26. The predicted octanol–water partition coefficient (Wildman–Crippen LogP) is 1.40. The van der Waals surface area contributed by atoms with E-state index in [1.165, 1.54) is 6.08 Å². The molecule has 1 rings (SSSR count). The summed E-state index contributed by atoms with van der Waals surface area (Å²) in [5, 5.41) is 2.43. The van der Waals surface area contributed by atoms with Crippen LogP contribution in [0.5, 0.6) is 0 Å². The highest BCUT2D eigenvalue weighted by Gasteiger charge is 2.33. The van der Waals surface area contributed by atoms with Gasteiger partial charge in [-0.25, -0.2) is 9.59 Å². The van der Waals surface area contributed by atoms with E-state index in [1.54, 1.807) is 13.8 Å². The minimum absolute atomic E-state index is 0.0341. The maximum Gasteiger partial charge on any atom is 0.408 e. The van der Waals surface area contributed by atoms with E-state index in [-0.39, 0.29) is 50.0 Å². The summed E-state index contributed by atoms with van der Waals surface area (Å²) in [5.41, 5.74) is 0. The van der Waals surface area contributed by atoms with Crippen molar-refractivity contribution in [3.63, 3.8) is 0 Å². The lowest BCUT2D eigenvalue weighted by Gasteiger charge is -2.20. The van der Waals surface area contributed by atoms with Gasteiger partial charge in [-0.15, -0.1) is 0 Å². The molecule has 1 aliphatic rings. The molecule has 1 aliphatic carbocycles. The highest BCUT2D eigenvalue weighted by Crippen LogP contribution is 2.20. The van der Waals surface area contributed by atoms with Gasteiger partial charge in [0.15, 0.2) is 0 Å². The molecular formula is C16H23NO6. The number of rotatable bonds is 8. The Morgan fingerprint density at radius 2 is 1.87 bits per heavy atom. The number of hydrogen-bond acceptors (Lipinski definition) is 6. The van der Waals surface area contributed by atoms with E-state index in [1.807, 2.05) is 0 Å². The lowest BCUT2D eigenvalue weighted by Crippen LogP contribution is -2.45. The van der Waals surface area contributed by atoms with Crippen molar-refractivity contribution < 1.29 is 28.7 Å². The van der Waals surface area contributed by atoms with Crippen molar-refractivity contribution in [3.05, 3.63) is 12.7 Å². The van der Waals surface area contributed by atoms with E-state index in [0.29, 0.717) is 0 Å². The maximum absolute atomic E-state index is 12.0. The van der Waals surface area contributed by atoms with Crippen LogP contribution in [0.4, 0.5) is 4.79 Å². The summed E-state index contributed by atoms with van der Waals surface area (Å²) in [4.78, 5) is 46.6. The van der Waals surface area contributed by atoms with Gasteiger partial charge in [0.25, 0.3) is 0 Å². The number of amides is 1. The number of ketones is 2. The van der Waals surface area contributed by atoms with E-state index >= 15 is 0 Å². The minimum atomic E-state index is -0.859. The van der Waals surface area contributed by atoms with Crippen molar-refractivity contribution in [2.75, 3.05) is 13.2 Å². The molecule has 7 heteroatoms. The normalized spacial score (nSPS) is 16.3. The second kappa shape index (κ2) is 9.07. The van der Waals surface area contributed by atoms with Crippen molar-refractivity contribution in [1.82, 2.24) is 5.32 Å². The van der Waals surface area contributed by atoms with E-state index in [0.717, 1.165) is 0 Å². The zero-order chi connectivity index (χ0) is 17.4. The van der Waals surface area contributed by atoms with E-state index in [9.17, 15) is 19.2 Å². The number of carbonyl (C=O) groups excluding carboxylic acids is 4. The first-order chi connectivity index (χ1) is 10.9. The average Bonchev–Trinajstić information content (AvgIpc) is 2.81. The van der Waals surface area contributed by atoms with Gasteiger partial charge in [0, 0.05) is 12.8 Å². The van der Waals surface area contributed by atoms with E-state index in [2.05, 4.69) is 11.9 Å². The summed E-state index contributed by atoms with van der Waals surface area (Å²) in [6, 6.07) is -0.859. The smallest absolute Gasteiger partial charge is 0.408 e. The molecule has 1 amide bonds. The summed E-state index contributed by atoms with van der Waals surface area (Å²) in [6.45, 7) is 6.93. The Morgan fingerprint density at radius 1 is 1.26 bits per heavy atom. The SMILES string of the molecule is C=CCOC(=O)N[C@H](C(=O)OCCC1C(=O)CCC1=O)C(C)C. The third-order valence-corrected chi connectivity index (χ3v) is 3.57. The maximum atomic E-state index is 12.0. The van der Waals surface area contributed by atoms with Crippen LogP contribution in [0.2, 0.25) is 0 Å². The minimum Gasteiger partial charge on any atom is -0.464 e. The van der Waals surface area contributed by atoms with Gasteiger partial charge in [-0.3, -0.25) is 9.59 Å². The predicted molar refractivity (Wildman–Crippen MR) is 81.6 cm³/mol. The molecule has 0 radical (unpaired) electrons. The van der Waals surface area contributed by atoms with Crippen LogP contribution in [0, 0.1) is 11.8 Å². The molecular weight excluding hydrogens is 302 g/mol. The zero-order valence-corrected chi connectivity index (χ0v) is 13.5. The molecule has 0 unspecified atom stereocenters. The van der Waals surface area contributed by atoms with Crippen LogP contribution < -0.4 is 5.32 Å². The molecule has 0 spiro atoms. The Labute approximate surface area is 135 Å². The van der Waals surface area contributed by atoms with E-state index < -0.39 is 24.0 Å². The molecule has 7 nitrogen and oxygen atoms in total. The number of nitrogens with one attached hydrogen (secondary N) is 1. The first-order valence-corrected chi connectivity index (χ1v) is 7.63. The summed E-state index contributed by atoms with van der Waals surface area (Å²) in [6.07, 6.45) is 1.40. The highest BCUT2D eigenvalue weighted by molar-refractivity contribution is 6.08. The fourth-order valence-corrected chi connectivity index (χ4v) is 2.26. The summed E-state index contributed by atoms with van der Waals surface area (Å²) >= 11 is 0. The van der Waals surface area contributed by atoms with Gasteiger partial charge >= 0.3 is 12.1 Å².